The Morgan fingerprint density at radius 1 is 1.41 bits per heavy atom. The van der Waals surface area contributed by atoms with Crippen LogP contribution >= 0.6 is 0 Å². The van der Waals surface area contributed by atoms with Gasteiger partial charge in [-0.25, -0.2) is 0 Å². The topological polar surface area (TPSA) is 78.9 Å². The van der Waals surface area contributed by atoms with E-state index < -0.39 is 0 Å². The fourth-order valence-corrected chi connectivity index (χ4v) is 1.77. The molecule has 1 aliphatic heterocycles. The van der Waals surface area contributed by atoms with Gasteiger partial charge >= 0.3 is 0 Å². The zero-order valence-corrected chi connectivity index (χ0v) is 9.41. The first-order valence-electron chi connectivity index (χ1n) is 5.53. The number of aliphatic hydroxyl groups excluding tert-OH is 1. The Morgan fingerprint density at radius 3 is 2.71 bits per heavy atom. The first-order valence-corrected chi connectivity index (χ1v) is 5.53. The normalized spacial score (nSPS) is 20.6. The van der Waals surface area contributed by atoms with E-state index in [1.807, 2.05) is 6.07 Å². The molecule has 1 saturated heterocycles. The zero-order chi connectivity index (χ0) is 12.3. The Bertz CT molecular complexity index is 431. The highest BCUT2D eigenvalue weighted by molar-refractivity contribution is 6.02. The molecule has 1 fully saturated rings. The molecule has 2 rings (SSSR count). The number of guanidine groups is 1. The molecule has 3 N–H and O–H groups in total. The van der Waals surface area contributed by atoms with Gasteiger partial charge in [0.15, 0.2) is 5.96 Å². The molecular weight excluding hydrogens is 218 g/mol. The molecule has 0 saturated carbocycles. The van der Waals surface area contributed by atoms with Gasteiger partial charge in [-0.2, -0.15) is 4.99 Å². The maximum Gasteiger partial charge on any atom is 0.280 e. The lowest BCUT2D eigenvalue weighted by atomic mass is 10.2. The van der Waals surface area contributed by atoms with E-state index in [1.165, 1.54) is 0 Å². The fraction of sp³-hybridized carbons (Fsp3) is 0.333. The molecule has 0 unspecified atom stereocenters. The quantitative estimate of drug-likeness (QED) is 0.537. The van der Waals surface area contributed by atoms with Gasteiger partial charge in [-0.15, -0.1) is 0 Å². The lowest BCUT2D eigenvalue weighted by Gasteiger charge is -2.15. The predicted molar refractivity (Wildman–Crippen MR) is 64.6 cm³/mol. The second kappa shape index (κ2) is 4.97. The number of nitrogens with two attached hydrogens (primary N) is 1. The monoisotopic (exact) mass is 233 g/mol. The summed E-state index contributed by atoms with van der Waals surface area (Å²) in [6.45, 7) is 1.08. The summed E-state index contributed by atoms with van der Waals surface area (Å²) in [4.78, 5) is 17.3. The molecule has 5 nitrogen and oxygen atoms in total. The van der Waals surface area contributed by atoms with Crippen LogP contribution in [0.5, 0.6) is 0 Å². The van der Waals surface area contributed by atoms with Gasteiger partial charge in [-0.05, 0) is 18.6 Å². The number of likely N-dealkylation sites (tertiary alicyclic amines) is 1. The van der Waals surface area contributed by atoms with E-state index in [0.717, 1.165) is 0 Å². The van der Waals surface area contributed by atoms with Crippen LogP contribution in [0.1, 0.15) is 16.8 Å². The van der Waals surface area contributed by atoms with E-state index in [0.29, 0.717) is 25.1 Å². The van der Waals surface area contributed by atoms with Gasteiger partial charge in [0.25, 0.3) is 5.91 Å². The molecule has 0 aromatic heterocycles. The molecule has 0 spiro atoms. The summed E-state index contributed by atoms with van der Waals surface area (Å²) in [6.07, 6.45) is 0.283. The van der Waals surface area contributed by atoms with E-state index in [4.69, 9.17) is 5.73 Å². The summed E-state index contributed by atoms with van der Waals surface area (Å²) in [7, 11) is 0. The fourth-order valence-electron chi connectivity index (χ4n) is 1.77. The maximum atomic E-state index is 11.7. The van der Waals surface area contributed by atoms with E-state index in [1.54, 1.807) is 29.2 Å². The van der Waals surface area contributed by atoms with Crippen LogP contribution in [0.3, 0.4) is 0 Å². The number of aliphatic imine (C=N–C) groups is 1. The van der Waals surface area contributed by atoms with Gasteiger partial charge in [0.05, 0.1) is 6.10 Å². The molecule has 0 aliphatic carbocycles. The number of benzene rings is 1. The SMILES string of the molecule is NC(=NC(=O)c1ccccc1)N1CC[C@@H](O)C1. The van der Waals surface area contributed by atoms with Gasteiger partial charge in [0.2, 0.25) is 0 Å². The summed E-state index contributed by atoms with van der Waals surface area (Å²) in [5.74, 6) is -0.181. The third kappa shape index (κ3) is 2.82. The largest absolute Gasteiger partial charge is 0.391 e. The minimum atomic E-state index is -0.379. The van der Waals surface area contributed by atoms with Crippen molar-refractivity contribution in [1.82, 2.24) is 4.90 Å². The predicted octanol–water partition coefficient (Wildman–Crippen LogP) is 0.208. The van der Waals surface area contributed by atoms with E-state index in [-0.39, 0.29) is 18.0 Å². The Labute approximate surface area is 99.6 Å². The first-order chi connectivity index (χ1) is 8.16. The summed E-state index contributed by atoms with van der Waals surface area (Å²) >= 11 is 0. The number of nitrogens with zero attached hydrogens (tertiary/aromatic N) is 2. The molecule has 0 bridgehead atoms. The van der Waals surface area contributed by atoms with E-state index in [2.05, 4.69) is 4.99 Å². The average molecular weight is 233 g/mol. The van der Waals surface area contributed by atoms with Crippen LogP contribution in [-0.2, 0) is 0 Å². The number of carbonyl (C=O) groups is 1. The van der Waals surface area contributed by atoms with Crippen molar-refractivity contribution in [3.63, 3.8) is 0 Å². The Kier molecular flexibility index (Phi) is 3.39. The van der Waals surface area contributed by atoms with Crippen LogP contribution in [0.4, 0.5) is 0 Å². The van der Waals surface area contributed by atoms with Crippen LogP contribution in [-0.4, -0.2) is 41.1 Å². The molecule has 1 aliphatic rings. The summed E-state index contributed by atoms with van der Waals surface area (Å²) < 4.78 is 0. The highest BCUT2D eigenvalue weighted by Gasteiger charge is 2.22. The van der Waals surface area contributed by atoms with Crippen LogP contribution < -0.4 is 5.73 Å². The number of hydrogen-bond acceptors (Lipinski definition) is 2. The van der Waals surface area contributed by atoms with Gasteiger partial charge in [0, 0.05) is 18.7 Å². The van der Waals surface area contributed by atoms with Crippen molar-refractivity contribution in [3.8, 4) is 0 Å². The maximum absolute atomic E-state index is 11.7. The molecule has 1 aromatic carbocycles. The van der Waals surface area contributed by atoms with Crippen LogP contribution in [0.25, 0.3) is 0 Å². The third-order valence-electron chi connectivity index (χ3n) is 2.72. The smallest absolute Gasteiger partial charge is 0.280 e. The lowest BCUT2D eigenvalue weighted by molar-refractivity contribution is 0.100. The highest BCUT2D eigenvalue weighted by Crippen LogP contribution is 2.08. The molecular formula is C12H15N3O2. The summed E-state index contributed by atoms with van der Waals surface area (Å²) in [6, 6.07) is 8.77. The molecule has 1 atom stereocenters. The van der Waals surface area contributed by atoms with Crippen molar-refractivity contribution < 1.29 is 9.90 Å². The van der Waals surface area contributed by atoms with Crippen LogP contribution in [0.2, 0.25) is 0 Å². The lowest BCUT2D eigenvalue weighted by Crippen LogP contribution is -2.36. The van der Waals surface area contributed by atoms with Gasteiger partial charge in [0.1, 0.15) is 0 Å². The molecule has 1 aromatic rings. The number of β-amino-alcohol motifs (C(OH)–C–C–N with tert-alkyl or cyclic N) is 1. The Hall–Kier alpha value is -1.88. The minimum Gasteiger partial charge on any atom is -0.391 e. The molecule has 1 amide bonds. The van der Waals surface area contributed by atoms with Crippen LogP contribution in [0.15, 0.2) is 35.3 Å². The third-order valence-corrected chi connectivity index (χ3v) is 2.72. The second-order valence-electron chi connectivity index (χ2n) is 4.03. The van der Waals surface area contributed by atoms with Gasteiger partial charge in [-0.1, -0.05) is 18.2 Å². The molecule has 5 heteroatoms. The second-order valence-corrected chi connectivity index (χ2v) is 4.03. The summed E-state index contributed by atoms with van der Waals surface area (Å²) in [5, 5.41) is 9.36. The van der Waals surface area contributed by atoms with Crippen molar-refractivity contribution in [1.29, 1.82) is 0 Å². The Balaban J connectivity index is 2.06. The van der Waals surface area contributed by atoms with Gasteiger partial charge < -0.3 is 15.7 Å². The van der Waals surface area contributed by atoms with E-state index in [9.17, 15) is 9.90 Å². The number of amides is 1. The van der Waals surface area contributed by atoms with Crippen molar-refractivity contribution >= 4 is 11.9 Å². The molecule has 17 heavy (non-hydrogen) atoms. The van der Waals surface area contributed by atoms with Gasteiger partial charge in [-0.3, -0.25) is 4.79 Å². The van der Waals surface area contributed by atoms with Crippen molar-refractivity contribution in [2.75, 3.05) is 13.1 Å². The van der Waals surface area contributed by atoms with Crippen molar-refractivity contribution in [3.05, 3.63) is 35.9 Å². The minimum absolute atomic E-state index is 0.176. The number of hydrogen-bond donors (Lipinski definition) is 2. The number of carbonyl (C=O) groups excluding carboxylic acids is 1. The van der Waals surface area contributed by atoms with Crippen molar-refractivity contribution in [2.45, 2.75) is 12.5 Å². The Morgan fingerprint density at radius 2 is 2.12 bits per heavy atom. The highest BCUT2D eigenvalue weighted by atomic mass is 16.3. The standard InChI is InChI=1S/C12H15N3O2/c13-12(15-7-6-10(16)8-15)14-11(17)9-4-2-1-3-5-9/h1-5,10,16H,6-8H2,(H2,13,14,17)/t10-/m1/s1. The summed E-state index contributed by atoms with van der Waals surface area (Å²) in [5.41, 5.74) is 6.23. The first kappa shape index (κ1) is 11.6. The molecule has 90 valence electrons. The van der Waals surface area contributed by atoms with Crippen molar-refractivity contribution in [2.24, 2.45) is 10.7 Å². The zero-order valence-electron chi connectivity index (χ0n) is 9.41. The number of rotatable bonds is 1. The molecule has 0 radical (unpaired) electrons. The van der Waals surface area contributed by atoms with Crippen LogP contribution in [0, 0.1) is 0 Å². The number of aliphatic hydroxyl groups is 1. The van der Waals surface area contributed by atoms with E-state index >= 15 is 0 Å². The molecule has 1 heterocycles. The average Bonchev–Trinajstić information content (AvgIpc) is 2.77.